The molecule has 0 aliphatic heterocycles. The molecule has 0 fully saturated rings. The van der Waals surface area contributed by atoms with E-state index in [4.69, 9.17) is 11.6 Å². The first kappa shape index (κ1) is 20.3. The number of halogens is 1. The number of aromatic nitrogens is 1. The fourth-order valence-corrected chi connectivity index (χ4v) is 4.79. The molecule has 2 amide bonds. The molecule has 0 atom stereocenters. The number of urea groups is 1. The Morgan fingerprint density at radius 1 is 1.14 bits per heavy atom. The van der Waals surface area contributed by atoms with Crippen molar-refractivity contribution in [3.8, 4) is 11.1 Å². The molecule has 0 unspecified atom stereocenters. The van der Waals surface area contributed by atoms with Crippen molar-refractivity contribution >= 4 is 49.6 Å². The van der Waals surface area contributed by atoms with Gasteiger partial charge in [-0.25, -0.2) is 18.2 Å². The van der Waals surface area contributed by atoms with E-state index in [-0.39, 0.29) is 10.6 Å². The minimum Gasteiger partial charge on any atom is -0.307 e. The van der Waals surface area contributed by atoms with Crippen LogP contribution in [-0.2, 0) is 9.84 Å². The molecule has 0 aliphatic rings. The average molecular weight is 436 g/mol. The lowest BCUT2D eigenvalue weighted by atomic mass is 10.0. The van der Waals surface area contributed by atoms with Crippen molar-refractivity contribution in [2.45, 2.75) is 18.2 Å². The molecule has 0 saturated heterocycles. The van der Waals surface area contributed by atoms with Gasteiger partial charge >= 0.3 is 6.03 Å². The minimum atomic E-state index is -3.42. The second-order valence-electron chi connectivity index (χ2n) is 5.94. The molecule has 0 bridgehead atoms. The SMILES string of the molecule is CCCS(=O)(=O)c1ccc(-c2ccccc2)c(NC(=O)Nc2ncc(Cl)s2)c1. The van der Waals surface area contributed by atoms with Gasteiger partial charge in [0.25, 0.3) is 0 Å². The fourth-order valence-electron chi connectivity index (χ4n) is 2.64. The van der Waals surface area contributed by atoms with Crippen LogP contribution in [0, 0.1) is 0 Å². The van der Waals surface area contributed by atoms with Gasteiger partial charge in [-0.05, 0) is 24.1 Å². The molecule has 1 aromatic heterocycles. The molecular formula is C19H18ClN3O3S2. The van der Waals surface area contributed by atoms with Gasteiger partial charge in [0.2, 0.25) is 0 Å². The van der Waals surface area contributed by atoms with E-state index in [2.05, 4.69) is 15.6 Å². The Balaban J connectivity index is 1.96. The largest absolute Gasteiger partial charge is 0.325 e. The Morgan fingerprint density at radius 3 is 2.54 bits per heavy atom. The first-order valence-corrected chi connectivity index (χ1v) is 11.4. The maximum Gasteiger partial charge on any atom is 0.325 e. The van der Waals surface area contributed by atoms with Crippen molar-refractivity contribution in [1.29, 1.82) is 0 Å². The van der Waals surface area contributed by atoms with E-state index in [1.165, 1.54) is 12.3 Å². The number of nitrogens with zero attached hydrogens (tertiary/aromatic N) is 1. The molecular weight excluding hydrogens is 418 g/mol. The Bertz CT molecular complexity index is 1080. The summed E-state index contributed by atoms with van der Waals surface area (Å²) in [6, 6.07) is 13.6. The highest BCUT2D eigenvalue weighted by Gasteiger charge is 2.17. The standard InChI is InChI=1S/C19H18ClN3O3S2/c1-2-10-28(25,26)14-8-9-15(13-6-4-3-5-7-13)16(11-14)22-18(24)23-19-21-12-17(20)27-19/h3-9,11-12H,2,10H2,1H3,(H2,21,22,23,24). The van der Waals surface area contributed by atoms with E-state index in [1.54, 1.807) is 12.1 Å². The highest BCUT2D eigenvalue weighted by molar-refractivity contribution is 7.91. The Kier molecular flexibility index (Phi) is 6.33. The number of carbonyl (C=O) groups excluding carboxylic acids is 1. The van der Waals surface area contributed by atoms with Crippen LogP contribution in [0.25, 0.3) is 11.1 Å². The van der Waals surface area contributed by atoms with Crippen LogP contribution in [0.5, 0.6) is 0 Å². The van der Waals surface area contributed by atoms with Crippen molar-refractivity contribution in [3.05, 3.63) is 59.1 Å². The number of nitrogens with one attached hydrogen (secondary N) is 2. The van der Waals surface area contributed by atoms with E-state index in [0.29, 0.717) is 27.1 Å². The van der Waals surface area contributed by atoms with E-state index in [9.17, 15) is 13.2 Å². The highest BCUT2D eigenvalue weighted by Crippen LogP contribution is 2.31. The Hall–Kier alpha value is -2.42. The number of hydrogen-bond donors (Lipinski definition) is 2. The molecule has 9 heteroatoms. The van der Waals surface area contributed by atoms with Gasteiger partial charge in [0, 0.05) is 5.56 Å². The topological polar surface area (TPSA) is 88.2 Å². The number of anilines is 2. The molecule has 1 heterocycles. The predicted molar refractivity (Wildman–Crippen MR) is 114 cm³/mol. The van der Waals surface area contributed by atoms with Crippen LogP contribution in [0.15, 0.2) is 59.6 Å². The molecule has 2 N–H and O–H groups in total. The third kappa shape index (κ3) is 4.89. The van der Waals surface area contributed by atoms with Gasteiger partial charge in [-0.1, -0.05) is 66.3 Å². The average Bonchev–Trinajstić information content (AvgIpc) is 3.07. The summed E-state index contributed by atoms with van der Waals surface area (Å²) in [6.45, 7) is 1.81. The van der Waals surface area contributed by atoms with E-state index >= 15 is 0 Å². The number of thiazole rings is 1. The van der Waals surface area contributed by atoms with Crippen LogP contribution in [-0.4, -0.2) is 25.2 Å². The second kappa shape index (κ2) is 8.72. The van der Waals surface area contributed by atoms with Crippen molar-refractivity contribution in [2.75, 3.05) is 16.4 Å². The zero-order valence-electron chi connectivity index (χ0n) is 15.0. The van der Waals surface area contributed by atoms with E-state index in [0.717, 1.165) is 16.9 Å². The Labute approximate surface area is 172 Å². The lowest BCUT2D eigenvalue weighted by Gasteiger charge is -2.14. The van der Waals surface area contributed by atoms with Gasteiger partial charge in [0.05, 0.1) is 22.5 Å². The van der Waals surface area contributed by atoms with Crippen LogP contribution < -0.4 is 10.6 Å². The third-order valence-electron chi connectivity index (χ3n) is 3.85. The molecule has 0 aliphatic carbocycles. The van der Waals surface area contributed by atoms with Crippen LogP contribution in [0.2, 0.25) is 4.34 Å². The van der Waals surface area contributed by atoms with E-state index in [1.807, 2.05) is 37.3 Å². The van der Waals surface area contributed by atoms with Gasteiger partial charge in [-0.3, -0.25) is 5.32 Å². The smallest absolute Gasteiger partial charge is 0.307 e. The minimum absolute atomic E-state index is 0.0426. The maximum atomic E-state index is 12.5. The van der Waals surface area contributed by atoms with Crippen LogP contribution in [0.4, 0.5) is 15.6 Å². The summed E-state index contributed by atoms with van der Waals surface area (Å²) < 4.78 is 25.4. The lowest BCUT2D eigenvalue weighted by molar-refractivity contribution is 0.262. The quantitative estimate of drug-likeness (QED) is 0.550. The predicted octanol–water partition coefficient (Wildman–Crippen LogP) is 5.29. The molecule has 0 radical (unpaired) electrons. The molecule has 6 nitrogen and oxygen atoms in total. The van der Waals surface area contributed by atoms with Gasteiger partial charge < -0.3 is 5.32 Å². The van der Waals surface area contributed by atoms with Crippen molar-refractivity contribution in [1.82, 2.24) is 4.98 Å². The maximum absolute atomic E-state index is 12.5. The highest BCUT2D eigenvalue weighted by atomic mass is 35.5. The summed E-state index contributed by atoms with van der Waals surface area (Å²) in [5, 5.41) is 5.67. The molecule has 146 valence electrons. The van der Waals surface area contributed by atoms with Crippen LogP contribution in [0.1, 0.15) is 13.3 Å². The zero-order chi connectivity index (χ0) is 20.1. The summed E-state index contributed by atoms with van der Waals surface area (Å²) in [5.41, 5.74) is 1.96. The number of sulfone groups is 1. The second-order valence-corrected chi connectivity index (χ2v) is 9.71. The van der Waals surface area contributed by atoms with Gasteiger partial charge in [-0.2, -0.15) is 0 Å². The molecule has 3 rings (SSSR count). The van der Waals surface area contributed by atoms with Crippen molar-refractivity contribution in [3.63, 3.8) is 0 Å². The zero-order valence-corrected chi connectivity index (χ0v) is 17.4. The molecule has 2 aromatic carbocycles. The summed E-state index contributed by atoms with van der Waals surface area (Å²) >= 11 is 6.96. The normalized spacial score (nSPS) is 11.2. The molecule has 0 saturated carbocycles. The van der Waals surface area contributed by atoms with Crippen LogP contribution in [0.3, 0.4) is 0 Å². The lowest BCUT2D eigenvalue weighted by Crippen LogP contribution is -2.20. The van der Waals surface area contributed by atoms with Crippen molar-refractivity contribution in [2.24, 2.45) is 0 Å². The van der Waals surface area contributed by atoms with Gasteiger partial charge in [0.15, 0.2) is 15.0 Å². The fraction of sp³-hybridized carbons (Fsp3) is 0.158. The van der Waals surface area contributed by atoms with Crippen LogP contribution >= 0.6 is 22.9 Å². The molecule has 0 spiro atoms. The number of amides is 2. The molecule has 28 heavy (non-hydrogen) atoms. The monoisotopic (exact) mass is 435 g/mol. The number of hydrogen-bond acceptors (Lipinski definition) is 5. The third-order valence-corrected chi connectivity index (χ3v) is 6.80. The van der Waals surface area contributed by atoms with Crippen molar-refractivity contribution < 1.29 is 13.2 Å². The number of carbonyl (C=O) groups is 1. The summed E-state index contributed by atoms with van der Waals surface area (Å²) in [4.78, 5) is 16.6. The first-order chi connectivity index (χ1) is 13.4. The van der Waals surface area contributed by atoms with E-state index < -0.39 is 15.9 Å². The van der Waals surface area contributed by atoms with Gasteiger partial charge in [0.1, 0.15) is 4.34 Å². The number of benzene rings is 2. The first-order valence-electron chi connectivity index (χ1n) is 8.50. The summed E-state index contributed by atoms with van der Waals surface area (Å²) in [6.07, 6.45) is 1.95. The Morgan fingerprint density at radius 2 is 1.89 bits per heavy atom. The molecule has 3 aromatic rings. The summed E-state index contributed by atoms with van der Waals surface area (Å²) in [5.74, 6) is 0.0426. The van der Waals surface area contributed by atoms with Gasteiger partial charge in [-0.15, -0.1) is 0 Å². The number of rotatable bonds is 6. The summed E-state index contributed by atoms with van der Waals surface area (Å²) in [7, 11) is -3.42.